The van der Waals surface area contributed by atoms with E-state index < -0.39 is 12.0 Å². The molecule has 194 valence electrons. The first-order valence-electron chi connectivity index (χ1n) is 11.7. The number of benzene rings is 2. The first kappa shape index (κ1) is 26.5. The van der Waals surface area contributed by atoms with Gasteiger partial charge in [-0.25, -0.2) is 9.79 Å². The van der Waals surface area contributed by atoms with Crippen molar-refractivity contribution in [3.63, 3.8) is 0 Å². The normalized spacial score (nSPS) is 15.2. The zero-order valence-corrected chi connectivity index (χ0v) is 22.7. The van der Waals surface area contributed by atoms with Crippen molar-refractivity contribution in [2.45, 2.75) is 26.8 Å². The fourth-order valence-electron chi connectivity index (χ4n) is 4.18. The summed E-state index contributed by atoms with van der Waals surface area (Å²) < 4.78 is 23.6. The Morgan fingerprint density at radius 2 is 1.86 bits per heavy atom. The van der Waals surface area contributed by atoms with Crippen molar-refractivity contribution >= 4 is 35.0 Å². The molecule has 0 aliphatic carbocycles. The standard InChI is InChI=1S/C27H27ClN2O6S/c1-6-35-20-13-16(12-19(28)24(20)34-5)14-21-25(31)30-23(17-8-10-18(33-4)11-9-17)22(26(32)36-7-2)15(3)29-27(30)37-21/h8-14,23H,6-7H2,1-5H3/b21-14-/t23-/m0/s1. The molecule has 2 aromatic carbocycles. The highest BCUT2D eigenvalue weighted by Gasteiger charge is 2.33. The molecule has 0 spiro atoms. The zero-order valence-electron chi connectivity index (χ0n) is 21.2. The molecule has 1 aliphatic heterocycles. The van der Waals surface area contributed by atoms with Crippen LogP contribution in [0.5, 0.6) is 17.2 Å². The van der Waals surface area contributed by atoms with Gasteiger partial charge in [-0.1, -0.05) is 35.1 Å². The summed E-state index contributed by atoms with van der Waals surface area (Å²) in [6.45, 7) is 5.98. The van der Waals surface area contributed by atoms with Crippen LogP contribution in [0.2, 0.25) is 5.02 Å². The highest BCUT2D eigenvalue weighted by atomic mass is 35.5. The van der Waals surface area contributed by atoms with Crippen molar-refractivity contribution in [2.75, 3.05) is 27.4 Å². The Morgan fingerprint density at radius 3 is 2.49 bits per heavy atom. The number of rotatable bonds is 8. The van der Waals surface area contributed by atoms with Crippen LogP contribution in [0.4, 0.5) is 0 Å². The zero-order chi connectivity index (χ0) is 26.7. The van der Waals surface area contributed by atoms with Gasteiger partial charge in [-0.05, 0) is 62.2 Å². The monoisotopic (exact) mass is 542 g/mol. The number of methoxy groups -OCH3 is 2. The molecule has 10 heteroatoms. The van der Waals surface area contributed by atoms with Crippen LogP contribution in [0.15, 0.2) is 57.5 Å². The predicted molar refractivity (Wildman–Crippen MR) is 143 cm³/mol. The van der Waals surface area contributed by atoms with Gasteiger partial charge in [-0.3, -0.25) is 9.36 Å². The summed E-state index contributed by atoms with van der Waals surface area (Å²) in [5.41, 5.74) is 1.93. The minimum absolute atomic E-state index is 0.204. The molecule has 37 heavy (non-hydrogen) atoms. The first-order valence-corrected chi connectivity index (χ1v) is 12.9. The van der Waals surface area contributed by atoms with Crippen molar-refractivity contribution in [2.24, 2.45) is 4.99 Å². The number of carbonyl (C=O) groups excluding carboxylic acids is 1. The quantitative estimate of drug-likeness (QED) is 0.402. The van der Waals surface area contributed by atoms with Crippen molar-refractivity contribution in [3.05, 3.63) is 83.5 Å². The third-order valence-corrected chi connectivity index (χ3v) is 7.05. The van der Waals surface area contributed by atoms with E-state index in [0.717, 1.165) is 5.56 Å². The highest BCUT2D eigenvalue weighted by Crippen LogP contribution is 2.36. The predicted octanol–water partition coefficient (Wildman–Crippen LogP) is 3.87. The minimum atomic E-state index is -0.707. The van der Waals surface area contributed by atoms with Crippen LogP contribution in [0.3, 0.4) is 0 Å². The second-order valence-corrected chi connectivity index (χ2v) is 9.46. The number of ether oxygens (including phenoxy) is 4. The average molecular weight is 543 g/mol. The number of hydrogen-bond acceptors (Lipinski definition) is 8. The van der Waals surface area contributed by atoms with E-state index in [0.29, 0.717) is 55.0 Å². The fraction of sp³-hybridized carbons (Fsp3) is 0.296. The van der Waals surface area contributed by atoms with Gasteiger partial charge in [0.25, 0.3) is 5.56 Å². The van der Waals surface area contributed by atoms with E-state index in [9.17, 15) is 9.59 Å². The van der Waals surface area contributed by atoms with Gasteiger partial charge in [0.05, 0.1) is 54.3 Å². The van der Waals surface area contributed by atoms with E-state index in [4.69, 9.17) is 30.5 Å². The maximum absolute atomic E-state index is 13.8. The molecule has 0 amide bonds. The summed E-state index contributed by atoms with van der Waals surface area (Å²) in [6, 6.07) is 10.0. The third-order valence-electron chi connectivity index (χ3n) is 5.78. The molecule has 0 unspecified atom stereocenters. The lowest BCUT2D eigenvalue weighted by atomic mass is 9.96. The second-order valence-electron chi connectivity index (χ2n) is 8.04. The van der Waals surface area contributed by atoms with Gasteiger partial charge in [0, 0.05) is 0 Å². The lowest BCUT2D eigenvalue weighted by molar-refractivity contribution is -0.139. The smallest absolute Gasteiger partial charge is 0.338 e. The van der Waals surface area contributed by atoms with Crippen molar-refractivity contribution < 1.29 is 23.7 Å². The summed E-state index contributed by atoms with van der Waals surface area (Å²) in [4.78, 5) is 31.9. The van der Waals surface area contributed by atoms with Crippen molar-refractivity contribution in [1.82, 2.24) is 4.57 Å². The van der Waals surface area contributed by atoms with E-state index in [-0.39, 0.29) is 12.2 Å². The number of aromatic nitrogens is 1. The van der Waals surface area contributed by atoms with Crippen LogP contribution >= 0.6 is 22.9 Å². The van der Waals surface area contributed by atoms with Crippen LogP contribution < -0.4 is 29.1 Å². The minimum Gasteiger partial charge on any atom is -0.497 e. The number of halogens is 1. The molecular weight excluding hydrogens is 516 g/mol. The Hall–Kier alpha value is -3.56. The van der Waals surface area contributed by atoms with Gasteiger partial charge in [0.15, 0.2) is 16.3 Å². The summed E-state index contributed by atoms with van der Waals surface area (Å²) in [7, 11) is 3.10. The summed E-state index contributed by atoms with van der Waals surface area (Å²) in [6.07, 6.45) is 1.73. The Kier molecular flexibility index (Phi) is 8.04. The van der Waals surface area contributed by atoms with Crippen LogP contribution in [0.25, 0.3) is 6.08 Å². The van der Waals surface area contributed by atoms with E-state index in [2.05, 4.69) is 4.99 Å². The van der Waals surface area contributed by atoms with Crippen molar-refractivity contribution in [3.8, 4) is 17.2 Å². The van der Waals surface area contributed by atoms with Gasteiger partial charge in [0.1, 0.15) is 5.75 Å². The number of carbonyl (C=O) groups is 1. The van der Waals surface area contributed by atoms with Crippen LogP contribution in [0.1, 0.15) is 37.9 Å². The van der Waals surface area contributed by atoms with Crippen LogP contribution in [-0.2, 0) is 9.53 Å². The third kappa shape index (κ3) is 5.14. The number of nitrogens with zero attached hydrogens (tertiary/aromatic N) is 2. The SMILES string of the molecule is CCOC(=O)C1=C(C)N=c2s/c(=C\c3cc(Cl)c(OC)c(OCC)c3)c(=O)n2[C@H]1c1ccc(OC)cc1. The molecule has 0 fully saturated rings. The van der Waals surface area contributed by atoms with E-state index in [1.54, 1.807) is 51.3 Å². The van der Waals surface area contributed by atoms with Crippen LogP contribution in [0, 0.1) is 0 Å². The molecule has 8 nitrogen and oxygen atoms in total. The Balaban J connectivity index is 1.92. The molecule has 0 saturated carbocycles. The summed E-state index contributed by atoms with van der Waals surface area (Å²) in [5.74, 6) is 1.06. The Labute approximate surface area is 223 Å². The lowest BCUT2D eigenvalue weighted by Gasteiger charge is -2.24. The molecule has 0 saturated heterocycles. The highest BCUT2D eigenvalue weighted by molar-refractivity contribution is 7.07. The average Bonchev–Trinajstić information content (AvgIpc) is 3.17. The van der Waals surface area contributed by atoms with E-state index in [1.807, 2.05) is 19.1 Å². The first-order chi connectivity index (χ1) is 17.8. The Bertz CT molecular complexity index is 1540. The van der Waals surface area contributed by atoms with Gasteiger partial charge in [-0.2, -0.15) is 0 Å². The van der Waals surface area contributed by atoms with Gasteiger partial charge in [0.2, 0.25) is 0 Å². The molecule has 0 radical (unpaired) electrons. The number of allylic oxidation sites excluding steroid dienone is 1. The number of fused-ring (bicyclic) bond motifs is 1. The van der Waals surface area contributed by atoms with Gasteiger partial charge in [-0.15, -0.1) is 0 Å². The molecule has 1 aromatic heterocycles. The van der Waals surface area contributed by atoms with E-state index in [1.165, 1.54) is 23.0 Å². The molecule has 4 rings (SSSR count). The number of esters is 1. The largest absolute Gasteiger partial charge is 0.497 e. The fourth-order valence-corrected chi connectivity index (χ4v) is 5.52. The van der Waals surface area contributed by atoms with Gasteiger partial charge >= 0.3 is 5.97 Å². The van der Waals surface area contributed by atoms with Crippen LogP contribution in [-0.4, -0.2) is 38.0 Å². The maximum Gasteiger partial charge on any atom is 0.338 e. The molecule has 1 atom stereocenters. The Morgan fingerprint density at radius 1 is 1.14 bits per heavy atom. The molecule has 1 aliphatic rings. The lowest BCUT2D eigenvalue weighted by Crippen LogP contribution is -2.39. The number of thiazole rings is 1. The molecular formula is C27H27ClN2O6S. The maximum atomic E-state index is 13.8. The summed E-state index contributed by atoms with van der Waals surface area (Å²) in [5, 5.41) is 0.365. The number of hydrogen-bond donors (Lipinski definition) is 0. The molecule has 0 N–H and O–H groups in total. The topological polar surface area (TPSA) is 88.4 Å². The molecule has 3 aromatic rings. The van der Waals surface area contributed by atoms with Gasteiger partial charge < -0.3 is 18.9 Å². The molecule has 2 heterocycles. The molecule has 0 bridgehead atoms. The summed E-state index contributed by atoms with van der Waals surface area (Å²) >= 11 is 7.65. The van der Waals surface area contributed by atoms with Crippen molar-refractivity contribution in [1.29, 1.82) is 0 Å². The van der Waals surface area contributed by atoms with E-state index >= 15 is 0 Å². The second kappa shape index (κ2) is 11.2.